The number of aliphatic hydroxyl groups excluding tert-OH is 1. The lowest BCUT2D eigenvalue weighted by Gasteiger charge is -2.41. The van der Waals surface area contributed by atoms with Crippen LogP contribution in [0.4, 0.5) is 0 Å². The minimum absolute atomic E-state index is 0.188. The second-order valence-electron chi connectivity index (χ2n) is 8.87. The number of hydrogen-bond acceptors (Lipinski definition) is 4. The molecule has 0 spiro atoms. The fourth-order valence-electron chi connectivity index (χ4n) is 4.08. The second kappa shape index (κ2) is 17.5. The van der Waals surface area contributed by atoms with E-state index in [1.165, 1.54) is 51.4 Å². The van der Waals surface area contributed by atoms with Crippen LogP contribution in [-0.4, -0.2) is 48.1 Å². The summed E-state index contributed by atoms with van der Waals surface area (Å²) in [6.07, 6.45) is 11.8. The molecule has 0 saturated heterocycles. The molecule has 0 aliphatic carbocycles. The lowest BCUT2D eigenvalue weighted by Crippen LogP contribution is -2.43. The number of hydrogen-bond donors (Lipinski definition) is 2. The van der Waals surface area contributed by atoms with Crippen molar-refractivity contribution in [3.05, 3.63) is 0 Å². The molecule has 0 amide bonds. The number of carboxylic acids is 1. The van der Waals surface area contributed by atoms with Gasteiger partial charge in [0.2, 0.25) is 0 Å². The molecule has 0 aromatic heterocycles. The largest absolute Gasteiger partial charge is 0.481 e. The minimum atomic E-state index is -0.942. The van der Waals surface area contributed by atoms with Gasteiger partial charge in [0, 0.05) is 5.41 Å². The maximum Gasteiger partial charge on any atom is 0.305 e. The molecule has 174 valence electrons. The Morgan fingerprint density at radius 3 is 1.86 bits per heavy atom. The van der Waals surface area contributed by atoms with E-state index in [-0.39, 0.29) is 24.0 Å². The smallest absolute Gasteiger partial charge is 0.305 e. The first-order valence-corrected chi connectivity index (χ1v) is 15.9. The molecule has 0 bridgehead atoms. The van der Waals surface area contributed by atoms with Gasteiger partial charge in [-0.3, -0.25) is 4.79 Å². The Morgan fingerprint density at radius 1 is 0.931 bits per heavy atom. The molecule has 2 N–H and O–H groups in total. The highest BCUT2D eigenvalue weighted by Crippen LogP contribution is 2.39. The van der Waals surface area contributed by atoms with Gasteiger partial charge in [-0.25, -0.2) is 0 Å². The number of unbranched alkanes of at least 4 members (excludes halogenated alkanes) is 8. The van der Waals surface area contributed by atoms with Crippen molar-refractivity contribution in [2.24, 2.45) is 11.3 Å². The first-order valence-electron chi connectivity index (χ1n) is 11.9. The van der Waals surface area contributed by atoms with E-state index < -0.39 is 31.6 Å². The molecule has 0 unspecified atom stereocenters. The van der Waals surface area contributed by atoms with Crippen molar-refractivity contribution in [3.8, 4) is 0 Å². The Bertz CT molecular complexity index is 401. The third-order valence-corrected chi connectivity index (χ3v) is 7.19. The highest BCUT2D eigenvalue weighted by molar-refractivity contribution is 6.26. The van der Waals surface area contributed by atoms with Gasteiger partial charge < -0.3 is 19.1 Å². The van der Waals surface area contributed by atoms with Gasteiger partial charge in [-0.2, -0.15) is 0 Å². The van der Waals surface area contributed by atoms with Crippen LogP contribution >= 0.6 is 0 Å². The number of carboxylic acid groups (broad SMARTS) is 1. The standard InChI is InChI=1S/C22H48O5Si2/c1-6-7-8-9-10-11-12-13-14-15-18(16-19(23)17-20(24)25)22(2,3)21(26-28-4)27-29-5/h18-19,21,23H,6-17,28-29H2,1-5H3,(H,24,25)/t18-,19-/m0/s1. The van der Waals surface area contributed by atoms with Gasteiger partial charge in [0.25, 0.3) is 0 Å². The summed E-state index contributed by atoms with van der Waals surface area (Å²) in [5.41, 5.74) is -0.231. The Hall–Kier alpha value is -0.216. The molecule has 0 aliphatic heterocycles. The summed E-state index contributed by atoms with van der Waals surface area (Å²) in [4.78, 5) is 11.0. The average Bonchev–Trinajstić information content (AvgIpc) is 2.64. The summed E-state index contributed by atoms with van der Waals surface area (Å²) in [5, 5.41) is 19.3. The minimum Gasteiger partial charge on any atom is -0.481 e. The molecule has 0 rings (SSSR count). The monoisotopic (exact) mass is 448 g/mol. The number of aliphatic hydroxyl groups is 1. The Kier molecular flexibility index (Phi) is 17.3. The Morgan fingerprint density at radius 2 is 1.41 bits per heavy atom. The SMILES string of the molecule is CCCCCCCCCCC[C@@H](C[C@H](O)CC(=O)O)C(C)(C)C(O[SiH2]C)O[SiH2]C. The van der Waals surface area contributed by atoms with Gasteiger partial charge in [-0.1, -0.05) is 91.7 Å². The summed E-state index contributed by atoms with van der Waals surface area (Å²) in [6, 6.07) is 0. The van der Waals surface area contributed by atoms with Crippen LogP contribution in [0.2, 0.25) is 13.1 Å². The van der Waals surface area contributed by atoms with Crippen LogP contribution in [0.25, 0.3) is 0 Å². The molecular formula is C22H48O5Si2. The first-order chi connectivity index (χ1) is 13.8. The summed E-state index contributed by atoms with van der Waals surface area (Å²) in [5.74, 6) is -0.754. The van der Waals surface area contributed by atoms with Crippen molar-refractivity contribution >= 4 is 25.5 Å². The molecule has 0 fully saturated rings. The zero-order valence-corrected chi connectivity index (χ0v) is 22.6. The highest BCUT2D eigenvalue weighted by Gasteiger charge is 2.39. The van der Waals surface area contributed by atoms with E-state index in [4.69, 9.17) is 14.0 Å². The van der Waals surface area contributed by atoms with Crippen LogP contribution in [0.15, 0.2) is 0 Å². The van der Waals surface area contributed by atoms with Crippen molar-refractivity contribution in [1.29, 1.82) is 0 Å². The summed E-state index contributed by atoms with van der Waals surface area (Å²) in [7, 11) is -1.22. The third-order valence-electron chi connectivity index (χ3n) is 5.92. The number of carbonyl (C=O) groups is 1. The highest BCUT2D eigenvalue weighted by atomic mass is 28.2. The summed E-state index contributed by atoms with van der Waals surface area (Å²) >= 11 is 0. The molecule has 29 heavy (non-hydrogen) atoms. The quantitative estimate of drug-likeness (QED) is 0.164. The summed E-state index contributed by atoms with van der Waals surface area (Å²) < 4.78 is 12.1. The lowest BCUT2D eigenvalue weighted by atomic mass is 9.72. The van der Waals surface area contributed by atoms with Crippen LogP contribution in [0.3, 0.4) is 0 Å². The number of aliphatic carboxylic acids is 1. The fraction of sp³-hybridized carbons (Fsp3) is 0.955. The number of rotatable bonds is 20. The van der Waals surface area contributed by atoms with E-state index in [0.29, 0.717) is 6.42 Å². The molecule has 0 aromatic carbocycles. The van der Waals surface area contributed by atoms with Gasteiger partial charge in [0.15, 0.2) is 19.5 Å². The van der Waals surface area contributed by atoms with Crippen molar-refractivity contribution < 1.29 is 23.9 Å². The maximum absolute atomic E-state index is 11.0. The van der Waals surface area contributed by atoms with Gasteiger partial charge in [0.1, 0.15) is 6.29 Å². The zero-order valence-electron chi connectivity index (χ0n) is 19.8. The second-order valence-corrected chi connectivity index (χ2v) is 10.7. The molecule has 0 heterocycles. The lowest BCUT2D eigenvalue weighted by molar-refractivity contribution is -0.140. The van der Waals surface area contributed by atoms with Crippen LogP contribution in [0.5, 0.6) is 0 Å². The van der Waals surface area contributed by atoms with E-state index >= 15 is 0 Å². The molecule has 2 atom stereocenters. The van der Waals surface area contributed by atoms with Crippen molar-refractivity contribution in [2.75, 3.05) is 0 Å². The maximum atomic E-state index is 11.0. The van der Waals surface area contributed by atoms with E-state index in [0.717, 1.165) is 12.8 Å². The van der Waals surface area contributed by atoms with Crippen molar-refractivity contribution in [1.82, 2.24) is 0 Å². The van der Waals surface area contributed by atoms with E-state index in [2.05, 4.69) is 33.9 Å². The predicted octanol–water partition coefficient (Wildman–Crippen LogP) is 4.40. The average molecular weight is 449 g/mol. The molecular weight excluding hydrogens is 400 g/mol. The first kappa shape index (κ1) is 28.8. The van der Waals surface area contributed by atoms with E-state index in [9.17, 15) is 9.90 Å². The van der Waals surface area contributed by atoms with Gasteiger partial charge in [0.05, 0.1) is 12.5 Å². The predicted molar refractivity (Wildman–Crippen MR) is 127 cm³/mol. The van der Waals surface area contributed by atoms with Gasteiger partial charge in [-0.15, -0.1) is 0 Å². The molecule has 0 aromatic rings. The van der Waals surface area contributed by atoms with Crippen LogP contribution < -0.4 is 0 Å². The van der Waals surface area contributed by atoms with Crippen LogP contribution in [-0.2, 0) is 13.6 Å². The van der Waals surface area contributed by atoms with E-state index in [1.807, 2.05) is 0 Å². The zero-order chi connectivity index (χ0) is 22.1. The van der Waals surface area contributed by atoms with Crippen LogP contribution in [0, 0.1) is 11.3 Å². The van der Waals surface area contributed by atoms with E-state index in [1.54, 1.807) is 0 Å². The van der Waals surface area contributed by atoms with Gasteiger partial charge in [-0.05, 0) is 18.8 Å². The normalized spacial score (nSPS) is 16.1. The Balaban J connectivity index is 4.69. The molecule has 5 nitrogen and oxygen atoms in total. The van der Waals surface area contributed by atoms with Gasteiger partial charge >= 0.3 is 5.97 Å². The fourth-order valence-corrected chi connectivity index (χ4v) is 5.93. The molecule has 0 aliphatic rings. The third kappa shape index (κ3) is 13.7. The summed E-state index contributed by atoms with van der Waals surface area (Å²) in [6.45, 7) is 10.8. The molecule has 7 heteroatoms. The van der Waals surface area contributed by atoms with Crippen LogP contribution in [0.1, 0.15) is 97.8 Å². The Labute approximate surface area is 184 Å². The van der Waals surface area contributed by atoms with Crippen molar-refractivity contribution in [2.45, 2.75) is 123 Å². The topological polar surface area (TPSA) is 76.0 Å². The molecule has 0 radical (unpaired) electrons. The molecule has 0 saturated carbocycles. The van der Waals surface area contributed by atoms with Crippen molar-refractivity contribution in [3.63, 3.8) is 0 Å².